The molecule has 3 aromatic carbocycles. The summed E-state index contributed by atoms with van der Waals surface area (Å²) in [5.41, 5.74) is 2.94. The number of benzene rings is 3. The molecule has 3 N–H and O–H groups in total. The third kappa shape index (κ3) is 8.58. The van der Waals surface area contributed by atoms with E-state index in [1.807, 2.05) is 12.1 Å². The van der Waals surface area contributed by atoms with Gasteiger partial charge in [0.15, 0.2) is 5.78 Å². The van der Waals surface area contributed by atoms with Gasteiger partial charge < -0.3 is 34.9 Å². The number of rotatable bonds is 17. The van der Waals surface area contributed by atoms with Crippen molar-refractivity contribution in [2.45, 2.75) is 18.6 Å². The lowest BCUT2D eigenvalue weighted by Crippen LogP contribution is -2.51. The van der Waals surface area contributed by atoms with E-state index < -0.39 is 11.6 Å². The minimum absolute atomic E-state index is 0.0694. The smallest absolute Gasteiger partial charge is 0.251 e. The quantitative estimate of drug-likeness (QED) is 0.149. The number of amides is 2. The lowest BCUT2D eigenvalue weighted by molar-refractivity contribution is 0.0179. The number of carbonyl (C=O) groups excluding carboxylic acids is 3. The molecule has 12 heteroatoms. The summed E-state index contributed by atoms with van der Waals surface area (Å²) in [6.45, 7) is 7.15. The van der Waals surface area contributed by atoms with Crippen molar-refractivity contribution in [3.05, 3.63) is 106 Å². The molecule has 2 amide bonds. The van der Waals surface area contributed by atoms with Crippen molar-refractivity contribution in [1.29, 1.82) is 0 Å². The van der Waals surface area contributed by atoms with Crippen LogP contribution in [0.25, 0.3) is 6.08 Å². The van der Waals surface area contributed by atoms with Gasteiger partial charge in [-0.1, -0.05) is 30.9 Å². The number of nitrogens with zero attached hydrogens (tertiary/aromatic N) is 1. The second-order valence-corrected chi connectivity index (χ2v) is 11.2. The molecule has 11 nitrogen and oxygen atoms in total. The van der Waals surface area contributed by atoms with E-state index in [-0.39, 0.29) is 59.6 Å². The Hall–Kier alpha value is -4.75. The minimum Gasteiger partial charge on any atom is -0.490 e. The maximum absolute atomic E-state index is 15.4. The summed E-state index contributed by atoms with van der Waals surface area (Å²) in [4.78, 5) is 43.9. The number of aliphatic imine (C=N–C) groups is 1. The molecule has 1 fully saturated rings. The van der Waals surface area contributed by atoms with E-state index in [0.29, 0.717) is 57.2 Å². The summed E-state index contributed by atoms with van der Waals surface area (Å²) in [6.07, 6.45) is 3.11. The Kier molecular flexibility index (Phi) is 12.2. The molecule has 0 radical (unpaired) electrons. The van der Waals surface area contributed by atoms with Crippen LogP contribution in [0.2, 0.25) is 0 Å². The fourth-order valence-corrected chi connectivity index (χ4v) is 5.39. The first-order valence-corrected chi connectivity index (χ1v) is 15.7. The number of hydrogen-bond donors (Lipinski definition) is 3. The highest BCUT2D eigenvalue weighted by molar-refractivity contribution is 6.11. The molecule has 0 unspecified atom stereocenters. The maximum Gasteiger partial charge on any atom is 0.251 e. The largest absolute Gasteiger partial charge is 0.490 e. The average Bonchev–Trinajstić information content (AvgIpc) is 3.76. The van der Waals surface area contributed by atoms with Gasteiger partial charge in [-0.15, -0.1) is 0 Å². The van der Waals surface area contributed by atoms with Crippen LogP contribution in [0.4, 0.5) is 4.39 Å². The van der Waals surface area contributed by atoms with Gasteiger partial charge in [0, 0.05) is 48.7 Å². The molecule has 0 saturated carbocycles. The van der Waals surface area contributed by atoms with Crippen LogP contribution in [0.1, 0.15) is 53.3 Å². The van der Waals surface area contributed by atoms with E-state index in [0.717, 1.165) is 11.1 Å². The number of halogens is 1. The Labute approximate surface area is 278 Å². The molecule has 3 aromatic rings. The molecule has 2 aliphatic heterocycles. The zero-order valence-corrected chi connectivity index (χ0v) is 26.8. The van der Waals surface area contributed by atoms with Crippen molar-refractivity contribution in [3.63, 3.8) is 0 Å². The first-order valence-electron chi connectivity index (χ1n) is 15.7. The molecule has 1 saturated heterocycles. The molecule has 0 bridgehead atoms. The number of ketones is 1. The molecular formula is C36H39FN4O7. The van der Waals surface area contributed by atoms with Gasteiger partial charge in [0.05, 0.1) is 51.7 Å². The molecule has 2 atom stereocenters. The molecule has 0 aliphatic carbocycles. The summed E-state index contributed by atoms with van der Waals surface area (Å²) < 4.78 is 36.9. The topological polar surface area (TPSA) is 137 Å². The average molecular weight is 659 g/mol. The highest BCUT2D eigenvalue weighted by Gasteiger charge is 2.30. The maximum atomic E-state index is 15.4. The summed E-state index contributed by atoms with van der Waals surface area (Å²) >= 11 is 0. The lowest BCUT2D eigenvalue weighted by Gasteiger charge is -2.21. The zero-order chi connectivity index (χ0) is 33.9. The van der Waals surface area contributed by atoms with Crippen LogP contribution in [-0.2, 0) is 20.8 Å². The van der Waals surface area contributed by atoms with Crippen molar-refractivity contribution in [3.8, 4) is 5.75 Å². The summed E-state index contributed by atoms with van der Waals surface area (Å²) in [5.74, 6) is -1.89. The Balaban J connectivity index is 1.18. The number of ether oxygens (including phenoxy) is 4. The lowest BCUT2D eigenvalue weighted by atomic mass is 9.98. The fourth-order valence-electron chi connectivity index (χ4n) is 5.39. The predicted molar refractivity (Wildman–Crippen MR) is 178 cm³/mol. The van der Waals surface area contributed by atoms with E-state index in [2.05, 4.69) is 27.5 Å². The highest BCUT2D eigenvalue weighted by Crippen LogP contribution is 2.28. The number of hydrogen-bond acceptors (Lipinski definition) is 9. The molecule has 0 spiro atoms. The number of nitrogens with one attached hydrogen (secondary N) is 3. The van der Waals surface area contributed by atoms with Crippen LogP contribution >= 0.6 is 0 Å². The Morgan fingerprint density at radius 3 is 2.19 bits per heavy atom. The summed E-state index contributed by atoms with van der Waals surface area (Å²) in [5, 5.41) is 9.19. The molecule has 2 heterocycles. The Morgan fingerprint density at radius 1 is 0.875 bits per heavy atom. The van der Waals surface area contributed by atoms with Crippen molar-refractivity contribution < 1.29 is 37.7 Å². The SMILES string of the molecule is C=Cc1ccc(OCCOCCOCCOC)c(C(=O)c2ccc(C(=O)N[C@@H]3CNC[C@H]3NC(=O)c3ccc4c(c3)CN=C4)cc2)c1F. The van der Waals surface area contributed by atoms with Gasteiger partial charge in [-0.3, -0.25) is 19.4 Å². The first kappa shape index (κ1) is 34.6. The van der Waals surface area contributed by atoms with Crippen LogP contribution in [-0.4, -0.2) is 95.7 Å². The Morgan fingerprint density at radius 2 is 1.50 bits per heavy atom. The van der Waals surface area contributed by atoms with Crippen molar-refractivity contribution in [2.24, 2.45) is 4.99 Å². The number of fused-ring (bicyclic) bond motifs is 1. The van der Waals surface area contributed by atoms with Gasteiger partial charge in [0.2, 0.25) is 0 Å². The Bertz CT molecular complexity index is 1660. The predicted octanol–water partition coefficient (Wildman–Crippen LogP) is 3.19. The van der Waals surface area contributed by atoms with Gasteiger partial charge in [-0.05, 0) is 47.5 Å². The third-order valence-electron chi connectivity index (χ3n) is 8.02. The second kappa shape index (κ2) is 16.9. The molecule has 48 heavy (non-hydrogen) atoms. The van der Waals surface area contributed by atoms with Gasteiger partial charge in [0.25, 0.3) is 11.8 Å². The third-order valence-corrected chi connectivity index (χ3v) is 8.02. The van der Waals surface area contributed by atoms with Crippen molar-refractivity contribution in [1.82, 2.24) is 16.0 Å². The van der Waals surface area contributed by atoms with Crippen LogP contribution in [0.15, 0.2) is 66.2 Å². The first-order chi connectivity index (χ1) is 23.4. The number of carbonyl (C=O) groups is 3. The summed E-state index contributed by atoms with van der Waals surface area (Å²) in [6, 6.07) is 13.7. The minimum atomic E-state index is -0.753. The van der Waals surface area contributed by atoms with Gasteiger partial charge in [-0.2, -0.15) is 0 Å². The molecular weight excluding hydrogens is 619 g/mol. The molecule has 252 valence electrons. The van der Waals surface area contributed by atoms with E-state index >= 15 is 4.39 Å². The highest BCUT2D eigenvalue weighted by atomic mass is 19.1. The monoisotopic (exact) mass is 658 g/mol. The zero-order valence-electron chi connectivity index (χ0n) is 26.8. The van der Waals surface area contributed by atoms with E-state index in [1.165, 1.54) is 42.5 Å². The normalized spacial score (nSPS) is 16.4. The number of methoxy groups -OCH3 is 1. The van der Waals surface area contributed by atoms with E-state index in [4.69, 9.17) is 18.9 Å². The van der Waals surface area contributed by atoms with E-state index in [9.17, 15) is 14.4 Å². The van der Waals surface area contributed by atoms with Gasteiger partial charge >= 0.3 is 0 Å². The van der Waals surface area contributed by atoms with Crippen LogP contribution < -0.4 is 20.7 Å². The van der Waals surface area contributed by atoms with E-state index in [1.54, 1.807) is 19.4 Å². The standard InChI is InChI=1S/C36H39FN4O7/c1-3-23-10-11-31(48-17-16-47-15-14-46-13-12-45-2)32(33(23)37)34(42)24-4-6-25(7-5-24)35(43)40-29-21-39-22-30(29)41-36(44)26-8-9-27-19-38-20-28(27)18-26/h3-11,18-19,29-30,39H,1,12-17,20-22H2,2H3,(H,40,43)(H,41,44)/t29-,30-/m1/s1. The van der Waals surface area contributed by atoms with Gasteiger partial charge in [0.1, 0.15) is 23.7 Å². The van der Waals surface area contributed by atoms with Crippen LogP contribution in [0, 0.1) is 5.82 Å². The molecule has 0 aromatic heterocycles. The van der Waals surface area contributed by atoms with Crippen LogP contribution in [0.5, 0.6) is 5.75 Å². The fraction of sp³-hybridized carbons (Fsp3) is 0.333. The molecule has 2 aliphatic rings. The second-order valence-electron chi connectivity index (χ2n) is 11.2. The van der Waals surface area contributed by atoms with Crippen molar-refractivity contribution in [2.75, 3.05) is 59.8 Å². The van der Waals surface area contributed by atoms with Crippen molar-refractivity contribution >= 4 is 29.9 Å². The molecule has 5 rings (SSSR count). The van der Waals surface area contributed by atoms with Crippen LogP contribution in [0.3, 0.4) is 0 Å². The van der Waals surface area contributed by atoms with Gasteiger partial charge in [-0.25, -0.2) is 4.39 Å². The summed E-state index contributed by atoms with van der Waals surface area (Å²) in [7, 11) is 1.59.